The molecule has 1 aromatic carbocycles. The molecule has 13 heavy (non-hydrogen) atoms. The van der Waals surface area contributed by atoms with Gasteiger partial charge in [0.05, 0.1) is 5.69 Å². The van der Waals surface area contributed by atoms with Crippen molar-refractivity contribution in [1.29, 1.82) is 0 Å². The van der Waals surface area contributed by atoms with Gasteiger partial charge in [-0.25, -0.2) is 4.39 Å². The number of hydrogen-bond donors (Lipinski definition) is 0. The van der Waals surface area contributed by atoms with Crippen LogP contribution in [-0.4, -0.2) is 9.59 Å². The molecule has 0 fully saturated rings. The summed E-state index contributed by atoms with van der Waals surface area (Å²) >= 11 is 1.31. The third-order valence-electron chi connectivity index (χ3n) is 1.68. The van der Waals surface area contributed by atoms with Gasteiger partial charge in [0.2, 0.25) is 0 Å². The third-order valence-corrected chi connectivity index (χ3v) is 2.23. The monoisotopic (exact) mass is 194 g/mol. The van der Waals surface area contributed by atoms with Gasteiger partial charge in [0.1, 0.15) is 5.82 Å². The van der Waals surface area contributed by atoms with Crippen LogP contribution in [0.15, 0.2) is 29.6 Å². The molecule has 0 saturated carbocycles. The minimum Gasteiger partial charge on any atom is -0.207 e. The topological polar surface area (TPSA) is 25.8 Å². The van der Waals surface area contributed by atoms with E-state index in [4.69, 9.17) is 0 Å². The largest absolute Gasteiger partial charge is 0.207 e. The summed E-state index contributed by atoms with van der Waals surface area (Å²) in [6.07, 6.45) is 0.647. The molecular formula is C9H7FN2S. The third kappa shape index (κ3) is 2.09. The molecule has 0 spiro atoms. The number of halogens is 1. The van der Waals surface area contributed by atoms with Crippen LogP contribution in [0.3, 0.4) is 0 Å². The maximum atomic E-state index is 12.8. The second-order valence-corrected chi connectivity index (χ2v) is 3.31. The second-order valence-electron chi connectivity index (χ2n) is 2.70. The molecular weight excluding hydrogens is 187 g/mol. The van der Waals surface area contributed by atoms with E-state index in [1.54, 1.807) is 6.07 Å². The average molecular weight is 194 g/mol. The van der Waals surface area contributed by atoms with Crippen LogP contribution < -0.4 is 0 Å². The Morgan fingerprint density at radius 2 is 2.31 bits per heavy atom. The zero-order valence-corrected chi connectivity index (χ0v) is 7.59. The summed E-state index contributed by atoms with van der Waals surface area (Å²) < 4.78 is 16.5. The van der Waals surface area contributed by atoms with E-state index < -0.39 is 0 Å². The minimum absolute atomic E-state index is 0.208. The molecule has 0 unspecified atom stereocenters. The van der Waals surface area contributed by atoms with Crippen LogP contribution in [-0.2, 0) is 6.42 Å². The first kappa shape index (κ1) is 8.31. The molecule has 0 radical (unpaired) electrons. The molecule has 1 aromatic heterocycles. The average Bonchev–Trinajstić information content (AvgIpc) is 2.57. The zero-order valence-electron chi connectivity index (χ0n) is 6.77. The van der Waals surface area contributed by atoms with E-state index in [1.165, 1.54) is 23.7 Å². The highest BCUT2D eigenvalue weighted by molar-refractivity contribution is 7.03. The van der Waals surface area contributed by atoms with Gasteiger partial charge in [-0.15, -0.1) is 5.10 Å². The Labute approximate surface area is 79.2 Å². The second kappa shape index (κ2) is 3.62. The van der Waals surface area contributed by atoms with Crippen LogP contribution in [0.2, 0.25) is 0 Å². The SMILES string of the molecule is Fc1cccc(Cc2csnn2)c1. The Bertz CT molecular complexity index is 386. The van der Waals surface area contributed by atoms with Crippen molar-refractivity contribution >= 4 is 11.5 Å². The molecule has 0 aliphatic heterocycles. The van der Waals surface area contributed by atoms with Crippen LogP contribution in [0.25, 0.3) is 0 Å². The van der Waals surface area contributed by atoms with Crippen molar-refractivity contribution < 1.29 is 4.39 Å². The normalized spacial score (nSPS) is 10.2. The maximum absolute atomic E-state index is 12.8. The lowest BCUT2D eigenvalue weighted by Gasteiger charge is -1.96. The smallest absolute Gasteiger partial charge is 0.123 e. The van der Waals surface area contributed by atoms with E-state index in [1.807, 2.05) is 11.4 Å². The van der Waals surface area contributed by atoms with Gasteiger partial charge in [0.15, 0.2) is 0 Å². The summed E-state index contributed by atoms with van der Waals surface area (Å²) in [5.74, 6) is -0.208. The Kier molecular flexibility index (Phi) is 2.31. The van der Waals surface area contributed by atoms with Crippen LogP contribution >= 0.6 is 11.5 Å². The lowest BCUT2D eigenvalue weighted by Crippen LogP contribution is -1.89. The molecule has 0 N–H and O–H groups in total. The molecule has 1 heterocycles. The van der Waals surface area contributed by atoms with Crippen LogP contribution in [0, 0.1) is 5.82 Å². The Hall–Kier alpha value is -1.29. The van der Waals surface area contributed by atoms with Gasteiger partial charge in [-0.1, -0.05) is 16.6 Å². The summed E-state index contributed by atoms with van der Waals surface area (Å²) in [6, 6.07) is 6.52. The van der Waals surface area contributed by atoms with Gasteiger partial charge in [-0.05, 0) is 29.2 Å². The van der Waals surface area contributed by atoms with Crippen molar-refractivity contribution in [3.8, 4) is 0 Å². The van der Waals surface area contributed by atoms with Gasteiger partial charge >= 0.3 is 0 Å². The van der Waals surface area contributed by atoms with Crippen molar-refractivity contribution in [1.82, 2.24) is 9.59 Å². The van der Waals surface area contributed by atoms with Crippen LogP contribution in [0.5, 0.6) is 0 Å². The minimum atomic E-state index is -0.208. The lowest BCUT2D eigenvalue weighted by molar-refractivity contribution is 0.626. The standard InChI is InChI=1S/C9H7FN2S/c10-8-3-1-2-7(4-8)5-9-6-13-12-11-9/h1-4,6H,5H2. The van der Waals surface area contributed by atoms with Crippen molar-refractivity contribution in [3.63, 3.8) is 0 Å². The predicted molar refractivity (Wildman–Crippen MR) is 49.1 cm³/mol. The van der Waals surface area contributed by atoms with E-state index in [2.05, 4.69) is 9.59 Å². The van der Waals surface area contributed by atoms with Crippen LogP contribution in [0.1, 0.15) is 11.3 Å². The highest BCUT2D eigenvalue weighted by Crippen LogP contribution is 2.09. The molecule has 2 nitrogen and oxygen atoms in total. The molecule has 2 rings (SSSR count). The molecule has 0 aliphatic carbocycles. The number of rotatable bonds is 2. The fourth-order valence-corrected chi connectivity index (χ4v) is 1.57. The maximum Gasteiger partial charge on any atom is 0.123 e. The molecule has 0 bridgehead atoms. The van der Waals surface area contributed by atoms with Crippen molar-refractivity contribution in [2.45, 2.75) is 6.42 Å². The summed E-state index contributed by atoms with van der Waals surface area (Å²) in [5.41, 5.74) is 1.81. The zero-order chi connectivity index (χ0) is 9.10. The predicted octanol–water partition coefficient (Wildman–Crippen LogP) is 2.27. The highest BCUT2D eigenvalue weighted by Gasteiger charge is 1.99. The lowest BCUT2D eigenvalue weighted by atomic mass is 10.1. The van der Waals surface area contributed by atoms with Gasteiger partial charge in [0, 0.05) is 11.8 Å². The fourth-order valence-electron chi connectivity index (χ4n) is 1.12. The van der Waals surface area contributed by atoms with E-state index in [-0.39, 0.29) is 5.82 Å². The van der Waals surface area contributed by atoms with Crippen molar-refractivity contribution in [2.75, 3.05) is 0 Å². The first-order valence-electron chi connectivity index (χ1n) is 3.85. The summed E-state index contributed by atoms with van der Waals surface area (Å²) in [5, 5.41) is 5.75. The Morgan fingerprint density at radius 1 is 1.38 bits per heavy atom. The van der Waals surface area contributed by atoms with Crippen molar-refractivity contribution in [3.05, 3.63) is 46.7 Å². The number of hydrogen-bond acceptors (Lipinski definition) is 3. The van der Waals surface area contributed by atoms with Gasteiger partial charge in [0.25, 0.3) is 0 Å². The Balaban J connectivity index is 2.19. The number of nitrogens with zero attached hydrogens (tertiary/aromatic N) is 2. The van der Waals surface area contributed by atoms with Gasteiger partial charge in [-0.2, -0.15) is 0 Å². The summed E-state index contributed by atoms with van der Waals surface area (Å²) in [4.78, 5) is 0. The summed E-state index contributed by atoms with van der Waals surface area (Å²) in [7, 11) is 0. The first-order chi connectivity index (χ1) is 6.34. The van der Waals surface area contributed by atoms with E-state index >= 15 is 0 Å². The molecule has 66 valence electrons. The van der Waals surface area contributed by atoms with Gasteiger partial charge in [-0.3, -0.25) is 0 Å². The number of aromatic nitrogens is 2. The highest BCUT2D eigenvalue weighted by atomic mass is 32.1. The molecule has 4 heteroatoms. The molecule has 0 atom stereocenters. The van der Waals surface area contributed by atoms with E-state index in [0.29, 0.717) is 6.42 Å². The molecule has 0 amide bonds. The number of benzene rings is 1. The van der Waals surface area contributed by atoms with E-state index in [9.17, 15) is 4.39 Å². The van der Waals surface area contributed by atoms with Crippen molar-refractivity contribution in [2.24, 2.45) is 0 Å². The fraction of sp³-hybridized carbons (Fsp3) is 0.111. The first-order valence-corrected chi connectivity index (χ1v) is 4.68. The molecule has 2 aromatic rings. The molecule has 0 aliphatic rings. The molecule has 0 saturated heterocycles. The quantitative estimate of drug-likeness (QED) is 0.732. The van der Waals surface area contributed by atoms with Gasteiger partial charge < -0.3 is 0 Å². The summed E-state index contributed by atoms with van der Waals surface area (Å²) in [6.45, 7) is 0. The van der Waals surface area contributed by atoms with E-state index in [0.717, 1.165) is 11.3 Å². The van der Waals surface area contributed by atoms with Crippen LogP contribution in [0.4, 0.5) is 4.39 Å². The Morgan fingerprint density at radius 3 is 3.00 bits per heavy atom.